The molecule has 19 heavy (non-hydrogen) atoms. The number of benzene rings is 1. The second kappa shape index (κ2) is 4.25. The van der Waals surface area contributed by atoms with E-state index in [1.54, 1.807) is 13.0 Å². The Morgan fingerprint density at radius 2 is 2.00 bits per heavy atom. The molecular weight excluding hydrogens is 272 g/mol. The molecule has 8 heteroatoms. The molecule has 0 aliphatic rings. The van der Waals surface area contributed by atoms with Crippen LogP contribution in [0.25, 0.3) is 10.9 Å². The van der Waals surface area contributed by atoms with E-state index in [1.807, 2.05) is 0 Å². The van der Waals surface area contributed by atoms with Gasteiger partial charge in [0.2, 0.25) is 0 Å². The van der Waals surface area contributed by atoms with Crippen LogP contribution in [-0.2, 0) is 17.4 Å². The van der Waals surface area contributed by atoms with E-state index in [9.17, 15) is 18.3 Å². The van der Waals surface area contributed by atoms with Gasteiger partial charge in [-0.15, -0.1) is 0 Å². The van der Waals surface area contributed by atoms with Crippen LogP contribution in [0.3, 0.4) is 0 Å². The summed E-state index contributed by atoms with van der Waals surface area (Å²) in [5.41, 5.74) is 0.523. The Morgan fingerprint density at radius 3 is 2.58 bits per heavy atom. The van der Waals surface area contributed by atoms with E-state index < -0.39 is 16.1 Å². The number of pyridine rings is 1. The van der Waals surface area contributed by atoms with Gasteiger partial charge in [-0.3, -0.25) is 4.79 Å². The SMILES string of the molecule is Cc1cc(=O)n(C)c2c(O)c(OS(N)(=O)=O)ccc12. The van der Waals surface area contributed by atoms with E-state index in [0.29, 0.717) is 10.9 Å². The number of hydrogen-bond acceptors (Lipinski definition) is 5. The lowest BCUT2D eigenvalue weighted by Gasteiger charge is -2.12. The van der Waals surface area contributed by atoms with Gasteiger partial charge in [0.15, 0.2) is 11.5 Å². The normalized spacial score (nSPS) is 11.7. The number of aromatic nitrogens is 1. The highest BCUT2D eigenvalue weighted by Gasteiger charge is 2.16. The van der Waals surface area contributed by atoms with Crippen LogP contribution in [0.2, 0.25) is 0 Å². The van der Waals surface area contributed by atoms with Crippen molar-refractivity contribution in [2.24, 2.45) is 12.2 Å². The van der Waals surface area contributed by atoms with Crippen LogP contribution < -0.4 is 14.9 Å². The first-order chi connectivity index (χ1) is 8.70. The van der Waals surface area contributed by atoms with Gasteiger partial charge in [0.1, 0.15) is 0 Å². The minimum atomic E-state index is -4.25. The molecule has 0 fully saturated rings. The fourth-order valence-corrected chi connectivity index (χ4v) is 2.27. The van der Waals surface area contributed by atoms with Crippen LogP contribution in [0.15, 0.2) is 23.0 Å². The summed E-state index contributed by atoms with van der Waals surface area (Å²) in [4.78, 5) is 11.7. The maximum atomic E-state index is 11.7. The van der Waals surface area contributed by atoms with E-state index in [0.717, 1.165) is 0 Å². The number of fused-ring (bicyclic) bond motifs is 1. The lowest BCUT2D eigenvalue weighted by molar-refractivity contribution is 0.431. The summed E-state index contributed by atoms with van der Waals surface area (Å²) in [7, 11) is -2.79. The van der Waals surface area contributed by atoms with Gasteiger partial charge in [0.25, 0.3) is 5.56 Å². The van der Waals surface area contributed by atoms with Gasteiger partial charge >= 0.3 is 10.3 Å². The van der Waals surface area contributed by atoms with Crippen LogP contribution in [0.5, 0.6) is 11.5 Å². The van der Waals surface area contributed by atoms with Gasteiger partial charge < -0.3 is 13.9 Å². The third-order valence-corrected chi connectivity index (χ3v) is 3.16. The summed E-state index contributed by atoms with van der Waals surface area (Å²) in [6.45, 7) is 1.71. The van der Waals surface area contributed by atoms with Crippen molar-refractivity contribution in [1.82, 2.24) is 4.57 Å². The third kappa shape index (κ3) is 2.40. The first kappa shape index (κ1) is 13.4. The minimum Gasteiger partial charge on any atom is -0.503 e. The molecule has 1 heterocycles. The van der Waals surface area contributed by atoms with Crippen LogP contribution in [0.1, 0.15) is 5.56 Å². The van der Waals surface area contributed by atoms with Gasteiger partial charge in [0, 0.05) is 18.5 Å². The summed E-state index contributed by atoms with van der Waals surface area (Å²) in [5.74, 6) is -0.773. The molecule has 0 saturated carbocycles. The van der Waals surface area contributed by atoms with E-state index in [4.69, 9.17) is 5.14 Å². The van der Waals surface area contributed by atoms with Crippen molar-refractivity contribution < 1.29 is 17.7 Å². The molecule has 0 unspecified atom stereocenters. The molecule has 1 aromatic carbocycles. The first-order valence-corrected chi connectivity index (χ1v) is 6.72. The molecule has 0 spiro atoms. The van der Waals surface area contributed by atoms with Crippen molar-refractivity contribution in [2.75, 3.05) is 0 Å². The molecular formula is C11H12N2O5S. The van der Waals surface area contributed by atoms with Crippen molar-refractivity contribution in [3.05, 3.63) is 34.1 Å². The Kier molecular flexibility index (Phi) is 2.99. The molecule has 2 rings (SSSR count). The number of aromatic hydroxyl groups is 1. The van der Waals surface area contributed by atoms with E-state index >= 15 is 0 Å². The maximum Gasteiger partial charge on any atom is 0.380 e. The first-order valence-electron chi connectivity index (χ1n) is 5.25. The smallest absolute Gasteiger partial charge is 0.380 e. The van der Waals surface area contributed by atoms with Gasteiger partial charge in [-0.2, -0.15) is 13.6 Å². The second-order valence-corrected chi connectivity index (χ2v) is 5.26. The zero-order chi connectivity index (χ0) is 14.4. The molecule has 0 radical (unpaired) electrons. The van der Waals surface area contributed by atoms with Crippen LogP contribution in [-0.4, -0.2) is 18.1 Å². The van der Waals surface area contributed by atoms with Gasteiger partial charge in [-0.05, 0) is 24.6 Å². The molecule has 102 valence electrons. The molecule has 7 nitrogen and oxygen atoms in total. The van der Waals surface area contributed by atoms with Crippen LogP contribution in [0, 0.1) is 6.92 Å². The lowest BCUT2D eigenvalue weighted by atomic mass is 10.1. The van der Waals surface area contributed by atoms with E-state index in [-0.39, 0.29) is 16.8 Å². The zero-order valence-corrected chi connectivity index (χ0v) is 11.1. The van der Waals surface area contributed by atoms with Gasteiger partial charge in [0.05, 0.1) is 5.52 Å². The summed E-state index contributed by atoms with van der Waals surface area (Å²) in [6.07, 6.45) is 0. The molecule has 0 aliphatic heterocycles. The standard InChI is InChI=1S/C11H12N2O5S/c1-6-5-9(14)13(2)10-7(6)3-4-8(11(10)15)18-19(12,16)17/h3-5,15H,1-2H3,(H2,12,16,17). The Hall–Kier alpha value is -2.06. The molecule has 0 aliphatic carbocycles. The molecule has 3 N–H and O–H groups in total. The largest absolute Gasteiger partial charge is 0.503 e. The lowest BCUT2D eigenvalue weighted by Crippen LogP contribution is -2.20. The Morgan fingerprint density at radius 1 is 1.37 bits per heavy atom. The summed E-state index contributed by atoms with van der Waals surface area (Å²) < 4.78 is 27.4. The Bertz CT molecular complexity index is 823. The Balaban J connectivity index is 2.85. The molecule has 0 atom stereocenters. The van der Waals surface area contributed by atoms with Crippen LogP contribution in [0.4, 0.5) is 0 Å². The number of phenols is 1. The van der Waals surface area contributed by atoms with Crippen molar-refractivity contribution in [1.29, 1.82) is 0 Å². The predicted molar refractivity (Wildman–Crippen MR) is 69.3 cm³/mol. The maximum absolute atomic E-state index is 11.7. The number of hydrogen-bond donors (Lipinski definition) is 2. The monoisotopic (exact) mass is 284 g/mol. The number of phenolic OH excluding ortho intramolecular Hbond substituents is 1. The number of aryl methyl sites for hydroxylation is 2. The minimum absolute atomic E-state index is 0.186. The van der Waals surface area contributed by atoms with Crippen molar-refractivity contribution in [3.63, 3.8) is 0 Å². The highest BCUT2D eigenvalue weighted by molar-refractivity contribution is 7.84. The average molecular weight is 284 g/mol. The summed E-state index contributed by atoms with van der Waals surface area (Å²) in [6, 6.07) is 4.24. The fourth-order valence-electron chi connectivity index (χ4n) is 1.88. The number of rotatable bonds is 2. The number of nitrogens with two attached hydrogens (primary N) is 1. The van der Waals surface area contributed by atoms with Crippen molar-refractivity contribution >= 4 is 21.2 Å². The molecule has 0 saturated heterocycles. The zero-order valence-electron chi connectivity index (χ0n) is 10.2. The molecule has 1 aromatic heterocycles. The van der Waals surface area contributed by atoms with Crippen molar-refractivity contribution in [3.8, 4) is 11.5 Å². The fraction of sp³-hybridized carbons (Fsp3) is 0.182. The number of nitrogens with zero attached hydrogens (tertiary/aromatic N) is 1. The molecule has 2 aromatic rings. The highest BCUT2D eigenvalue weighted by Crippen LogP contribution is 2.35. The van der Waals surface area contributed by atoms with E-state index in [1.165, 1.54) is 23.7 Å². The summed E-state index contributed by atoms with van der Waals surface area (Å²) >= 11 is 0. The van der Waals surface area contributed by atoms with Gasteiger partial charge in [-0.1, -0.05) is 0 Å². The van der Waals surface area contributed by atoms with Crippen molar-refractivity contribution in [2.45, 2.75) is 6.92 Å². The Labute approximate surface area is 109 Å². The third-order valence-electron chi connectivity index (χ3n) is 2.75. The quantitative estimate of drug-likeness (QED) is 0.814. The molecule has 0 amide bonds. The topological polar surface area (TPSA) is 112 Å². The summed E-state index contributed by atoms with van der Waals surface area (Å²) in [5, 5.41) is 15.4. The van der Waals surface area contributed by atoms with E-state index in [2.05, 4.69) is 4.18 Å². The molecule has 0 bridgehead atoms. The van der Waals surface area contributed by atoms with Crippen LogP contribution >= 0.6 is 0 Å². The predicted octanol–water partition coefficient (Wildman–Crippen LogP) is 0.135. The van der Waals surface area contributed by atoms with Gasteiger partial charge in [-0.25, -0.2) is 0 Å². The highest BCUT2D eigenvalue weighted by atomic mass is 32.2. The second-order valence-electron chi connectivity index (χ2n) is 4.11. The average Bonchev–Trinajstić information content (AvgIpc) is 2.27.